The summed E-state index contributed by atoms with van der Waals surface area (Å²) in [7, 11) is 0. The van der Waals surface area contributed by atoms with Crippen LogP contribution in [0.25, 0.3) is 6.08 Å². The Morgan fingerprint density at radius 3 is 2.02 bits per heavy atom. The van der Waals surface area contributed by atoms with Gasteiger partial charge in [-0.2, -0.15) is 26.3 Å². The number of cyclic esters (lactones) is 1. The molecule has 1 aliphatic rings. The molecule has 1 aliphatic heterocycles. The van der Waals surface area contributed by atoms with Gasteiger partial charge in [-0.15, -0.1) is 0 Å². The van der Waals surface area contributed by atoms with Crippen LogP contribution in [0.2, 0.25) is 0 Å². The number of carbonyl (C=O) groups excluding carboxylic acids is 1. The van der Waals surface area contributed by atoms with Crippen molar-refractivity contribution in [1.29, 1.82) is 0 Å². The van der Waals surface area contributed by atoms with Gasteiger partial charge in [0.25, 0.3) is 5.60 Å². The summed E-state index contributed by atoms with van der Waals surface area (Å²) in [5.74, 6) is 0.431. The third-order valence-corrected chi connectivity index (χ3v) is 7.76. The highest BCUT2D eigenvalue weighted by Crippen LogP contribution is 2.45. The predicted octanol–water partition coefficient (Wildman–Crippen LogP) is 7.75. The highest BCUT2D eigenvalue weighted by molar-refractivity contribution is 5.70. The standard InChI is InChI=1S/C30H34F6O4/c1-5-27(6-2,23-12-13-25(20(4)17-23)39-18-24-8-7-9-26(37)40-24)22-11-10-21(19(3)16-22)14-15-28(38,29(31,32)33)30(34,35)36/h10-17,24,38H,5-9,18H2,1-4H3/t24-/m1/s1. The number of rotatable bonds is 9. The summed E-state index contributed by atoms with van der Waals surface area (Å²) in [6.45, 7) is 7.78. The van der Waals surface area contributed by atoms with Crippen LogP contribution in [0.3, 0.4) is 0 Å². The van der Waals surface area contributed by atoms with Crippen LogP contribution < -0.4 is 4.74 Å². The van der Waals surface area contributed by atoms with E-state index in [1.165, 1.54) is 6.07 Å². The molecule has 0 saturated carbocycles. The third-order valence-electron chi connectivity index (χ3n) is 7.76. The van der Waals surface area contributed by atoms with Gasteiger partial charge in [0.2, 0.25) is 0 Å². The highest BCUT2D eigenvalue weighted by atomic mass is 19.4. The van der Waals surface area contributed by atoms with Crippen LogP contribution in [-0.4, -0.2) is 41.7 Å². The third kappa shape index (κ3) is 6.32. The molecule has 0 spiro atoms. The van der Waals surface area contributed by atoms with Crippen LogP contribution in [0.5, 0.6) is 5.75 Å². The zero-order valence-corrected chi connectivity index (χ0v) is 22.9. The molecule has 0 aromatic heterocycles. The number of hydrogen-bond donors (Lipinski definition) is 1. The molecule has 2 aromatic carbocycles. The zero-order chi connectivity index (χ0) is 29.9. The Labute approximate surface area is 230 Å². The van der Waals surface area contributed by atoms with Crippen molar-refractivity contribution in [3.8, 4) is 5.75 Å². The van der Waals surface area contributed by atoms with Gasteiger partial charge >= 0.3 is 18.3 Å². The van der Waals surface area contributed by atoms with E-state index >= 15 is 0 Å². The Morgan fingerprint density at radius 1 is 0.950 bits per heavy atom. The van der Waals surface area contributed by atoms with Gasteiger partial charge in [0.1, 0.15) is 18.5 Å². The fraction of sp³-hybridized carbons (Fsp3) is 0.500. The topological polar surface area (TPSA) is 55.8 Å². The number of alkyl halides is 6. The summed E-state index contributed by atoms with van der Waals surface area (Å²) < 4.78 is 89.7. The fourth-order valence-electron chi connectivity index (χ4n) is 5.14. The quantitative estimate of drug-likeness (QED) is 0.247. The van der Waals surface area contributed by atoms with E-state index < -0.39 is 23.4 Å². The molecule has 1 fully saturated rings. The molecule has 1 heterocycles. The lowest BCUT2D eigenvalue weighted by Crippen LogP contribution is -2.55. The van der Waals surface area contributed by atoms with Crippen molar-refractivity contribution >= 4 is 12.0 Å². The van der Waals surface area contributed by atoms with Gasteiger partial charge in [-0.05, 0) is 79.5 Å². The molecule has 1 atom stereocenters. The number of ether oxygens (including phenoxy) is 2. The van der Waals surface area contributed by atoms with E-state index in [0.29, 0.717) is 36.7 Å². The highest BCUT2D eigenvalue weighted by Gasteiger charge is 2.68. The van der Waals surface area contributed by atoms with Gasteiger partial charge in [0.05, 0.1) is 0 Å². The van der Waals surface area contributed by atoms with E-state index in [1.807, 2.05) is 39.0 Å². The molecule has 0 bridgehead atoms. The smallest absolute Gasteiger partial charge is 0.430 e. The van der Waals surface area contributed by atoms with Crippen molar-refractivity contribution in [3.63, 3.8) is 0 Å². The van der Waals surface area contributed by atoms with Crippen molar-refractivity contribution in [2.75, 3.05) is 6.61 Å². The number of halogens is 6. The monoisotopic (exact) mass is 572 g/mol. The van der Waals surface area contributed by atoms with Crippen LogP contribution in [0, 0.1) is 13.8 Å². The van der Waals surface area contributed by atoms with Gasteiger partial charge in [-0.25, -0.2) is 0 Å². The second-order valence-electron chi connectivity index (χ2n) is 10.3. The van der Waals surface area contributed by atoms with Gasteiger partial charge in [0.15, 0.2) is 0 Å². The van der Waals surface area contributed by atoms with Gasteiger partial charge in [-0.3, -0.25) is 4.79 Å². The van der Waals surface area contributed by atoms with Crippen molar-refractivity contribution in [2.45, 2.75) is 89.3 Å². The number of hydrogen-bond acceptors (Lipinski definition) is 4. The Balaban J connectivity index is 1.89. The van der Waals surface area contributed by atoms with Crippen LogP contribution in [0.1, 0.15) is 73.8 Å². The maximum absolute atomic E-state index is 13.1. The summed E-state index contributed by atoms with van der Waals surface area (Å²) in [4.78, 5) is 11.5. The summed E-state index contributed by atoms with van der Waals surface area (Å²) in [5, 5.41) is 9.45. The normalized spacial score (nSPS) is 17.3. The Hall–Kier alpha value is -3.01. The number of esters is 1. The number of aryl methyl sites for hydroxylation is 2. The first kappa shape index (κ1) is 31.5. The summed E-state index contributed by atoms with van der Waals surface area (Å²) in [5.41, 5.74) is -2.13. The van der Waals surface area contributed by atoms with Crippen molar-refractivity contribution < 1.29 is 45.7 Å². The molecule has 220 valence electrons. The van der Waals surface area contributed by atoms with Crippen LogP contribution in [0.15, 0.2) is 42.5 Å². The lowest BCUT2D eigenvalue weighted by Gasteiger charge is -2.34. The molecule has 1 saturated heterocycles. The first-order valence-electron chi connectivity index (χ1n) is 13.2. The Morgan fingerprint density at radius 2 is 1.52 bits per heavy atom. The summed E-state index contributed by atoms with van der Waals surface area (Å²) in [6.07, 6.45) is -8.46. The molecule has 40 heavy (non-hydrogen) atoms. The van der Waals surface area contributed by atoms with E-state index in [0.717, 1.165) is 29.5 Å². The molecule has 3 rings (SSSR count). The van der Waals surface area contributed by atoms with Crippen LogP contribution >= 0.6 is 0 Å². The molecular weight excluding hydrogens is 538 g/mol. The minimum Gasteiger partial charge on any atom is -0.489 e. The molecular formula is C30H34F6O4. The van der Waals surface area contributed by atoms with Crippen LogP contribution in [-0.2, 0) is 14.9 Å². The van der Waals surface area contributed by atoms with Gasteiger partial charge < -0.3 is 14.6 Å². The molecule has 2 aromatic rings. The molecule has 0 unspecified atom stereocenters. The first-order valence-corrected chi connectivity index (χ1v) is 13.2. The first-order chi connectivity index (χ1) is 18.6. The van der Waals surface area contributed by atoms with Crippen LogP contribution in [0.4, 0.5) is 26.3 Å². The van der Waals surface area contributed by atoms with E-state index in [1.54, 1.807) is 19.1 Å². The van der Waals surface area contributed by atoms with Crippen molar-refractivity contribution in [3.05, 3.63) is 70.3 Å². The number of carbonyl (C=O) groups is 1. The van der Waals surface area contributed by atoms with E-state index in [9.17, 15) is 36.2 Å². The summed E-state index contributed by atoms with van der Waals surface area (Å²) in [6, 6.07) is 10.7. The number of aliphatic hydroxyl groups is 1. The minimum absolute atomic E-state index is 0.125. The van der Waals surface area contributed by atoms with E-state index in [4.69, 9.17) is 9.47 Å². The number of benzene rings is 2. The minimum atomic E-state index is -5.93. The maximum Gasteiger partial charge on any atom is 0.430 e. The lowest BCUT2D eigenvalue weighted by molar-refractivity contribution is -0.347. The fourth-order valence-corrected chi connectivity index (χ4v) is 5.14. The molecule has 10 heteroatoms. The van der Waals surface area contributed by atoms with E-state index in [-0.39, 0.29) is 30.3 Å². The van der Waals surface area contributed by atoms with E-state index in [2.05, 4.69) is 0 Å². The molecule has 0 radical (unpaired) electrons. The Bertz CT molecular complexity index is 1210. The zero-order valence-electron chi connectivity index (χ0n) is 22.9. The second kappa shape index (κ2) is 11.8. The lowest BCUT2D eigenvalue weighted by atomic mass is 9.70. The molecule has 1 N–H and O–H groups in total. The maximum atomic E-state index is 13.1. The molecule has 0 aliphatic carbocycles. The van der Waals surface area contributed by atoms with Gasteiger partial charge in [0, 0.05) is 11.8 Å². The summed E-state index contributed by atoms with van der Waals surface area (Å²) >= 11 is 0. The SMILES string of the molecule is CCC(CC)(c1ccc(C=CC(O)(C(F)(F)F)C(F)(F)F)c(C)c1)c1ccc(OC[C@H]2CCCC(=O)O2)c(C)c1. The van der Waals surface area contributed by atoms with Crippen molar-refractivity contribution in [2.24, 2.45) is 0 Å². The van der Waals surface area contributed by atoms with Crippen molar-refractivity contribution in [1.82, 2.24) is 0 Å². The molecule has 0 amide bonds. The second-order valence-corrected chi connectivity index (χ2v) is 10.3. The largest absolute Gasteiger partial charge is 0.489 e. The average Bonchev–Trinajstić information content (AvgIpc) is 2.87. The van der Waals surface area contributed by atoms with Gasteiger partial charge in [-0.1, -0.05) is 50.3 Å². The Kier molecular flexibility index (Phi) is 9.33. The molecule has 4 nitrogen and oxygen atoms in total. The predicted molar refractivity (Wildman–Crippen MR) is 139 cm³/mol. The average molecular weight is 573 g/mol.